The van der Waals surface area contributed by atoms with Gasteiger partial charge in [-0.2, -0.15) is 0 Å². The number of likely N-dealkylation sites (N-methyl/N-ethyl adjacent to an activating group) is 1. The largest absolute Gasteiger partial charge is 0.406 e. The molecule has 1 aromatic heterocycles. The van der Waals surface area contributed by atoms with Crippen molar-refractivity contribution < 1.29 is 10.0 Å². The van der Waals surface area contributed by atoms with Gasteiger partial charge in [-0.1, -0.05) is 0 Å². The zero-order valence-electron chi connectivity index (χ0n) is 12.3. The van der Waals surface area contributed by atoms with Gasteiger partial charge in [0.15, 0.2) is 0 Å². The van der Waals surface area contributed by atoms with E-state index in [2.05, 4.69) is 4.98 Å². The minimum absolute atomic E-state index is 0.0495. The molecule has 0 amide bonds. The van der Waals surface area contributed by atoms with Crippen LogP contribution in [0.15, 0.2) is 0 Å². The molecule has 2 atom stereocenters. The van der Waals surface area contributed by atoms with Crippen LogP contribution in [0.5, 0.6) is 0 Å². The quantitative estimate of drug-likeness (QED) is 0.624. The number of rotatable bonds is 4. The summed E-state index contributed by atoms with van der Waals surface area (Å²) < 4.78 is 1.72. The fourth-order valence-corrected chi connectivity index (χ4v) is 2.77. The second-order valence-corrected chi connectivity index (χ2v) is 5.58. The summed E-state index contributed by atoms with van der Waals surface area (Å²) in [5.74, 6) is 0.940. The van der Waals surface area contributed by atoms with Crippen molar-refractivity contribution >= 4 is 11.6 Å². The van der Waals surface area contributed by atoms with Crippen LogP contribution in [0.25, 0.3) is 0 Å². The van der Waals surface area contributed by atoms with E-state index in [-0.39, 0.29) is 11.9 Å². The highest BCUT2D eigenvalue weighted by Crippen LogP contribution is 2.33. The fraction of sp³-hybridized carbons (Fsp3) is 0.750. The summed E-state index contributed by atoms with van der Waals surface area (Å²) in [7, 11) is 5.67. The van der Waals surface area contributed by atoms with Gasteiger partial charge in [-0.3, -0.25) is 4.57 Å². The van der Waals surface area contributed by atoms with Gasteiger partial charge < -0.3 is 25.0 Å². The third-order valence-electron chi connectivity index (χ3n) is 3.68. The van der Waals surface area contributed by atoms with Crippen LogP contribution in [0.3, 0.4) is 0 Å². The molecule has 2 unspecified atom stereocenters. The van der Waals surface area contributed by atoms with Crippen LogP contribution in [0.1, 0.15) is 12.2 Å². The summed E-state index contributed by atoms with van der Waals surface area (Å²) in [4.78, 5) is 18.7. The smallest absolute Gasteiger partial charge is 0.391 e. The lowest BCUT2D eigenvalue weighted by molar-refractivity contribution is -0.388. The molecule has 2 heterocycles. The minimum Gasteiger partial charge on any atom is -0.391 e. The zero-order chi connectivity index (χ0) is 15.0. The molecule has 20 heavy (non-hydrogen) atoms. The van der Waals surface area contributed by atoms with Crippen LogP contribution in [0.4, 0.5) is 11.6 Å². The summed E-state index contributed by atoms with van der Waals surface area (Å²) in [6.07, 6.45) is 0.147. The molecule has 1 aliphatic heterocycles. The molecule has 8 nitrogen and oxygen atoms in total. The average molecular weight is 283 g/mol. The van der Waals surface area contributed by atoms with Crippen molar-refractivity contribution in [1.29, 1.82) is 0 Å². The summed E-state index contributed by atoms with van der Waals surface area (Å²) >= 11 is 0. The predicted molar refractivity (Wildman–Crippen MR) is 74.9 cm³/mol. The number of β-amino-alcohol motifs (C(OH)–C–C–N with tert-alkyl or cyclic N) is 1. The molecule has 0 bridgehead atoms. The Bertz CT molecular complexity index is 513. The molecular formula is C12H21N5O3. The molecule has 0 aromatic carbocycles. The molecular weight excluding hydrogens is 262 g/mol. The van der Waals surface area contributed by atoms with E-state index >= 15 is 0 Å². The maximum Gasteiger partial charge on any atom is 0.406 e. The Hall–Kier alpha value is -1.67. The van der Waals surface area contributed by atoms with Gasteiger partial charge in [0.25, 0.3) is 0 Å². The zero-order valence-corrected chi connectivity index (χ0v) is 12.3. The van der Waals surface area contributed by atoms with Crippen LogP contribution in [0.2, 0.25) is 0 Å². The summed E-state index contributed by atoms with van der Waals surface area (Å²) in [6, 6.07) is 0.0495. The Labute approximate surface area is 117 Å². The van der Waals surface area contributed by atoms with Crippen molar-refractivity contribution in [2.45, 2.75) is 25.5 Å². The first-order valence-corrected chi connectivity index (χ1v) is 6.58. The van der Waals surface area contributed by atoms with E-state index in [1.54, 1.807) is 18.5 Å². The van der Waals surface area contributed by atoms with Gasteiger partial charge >= 0.3 is 5.82 Å². The summed E-state index contributed by atoms with van der Waals surface area (Å²) in [6.45, 7) is 2.88. The molecule has 1 fully saturated rings. The second kappa shape index (κ2) is 5.37. The number of hydrogen-bond donors (Lipinski definition) is 1. The summed E-state index contributed by atoms with van der Waals surface area (Å²) in [5, 5.41) is 21.1. The van der Waals surface area contributed by atoms with Gasteiger partial charge in [-0.05, 0) is 30.4 Å². The average Bonchev–Trinajstić information content (AvgIpc) is 2.80. The van der Waals surface area contributed by atoms with Crippen LogP contribution < -0.4 is 4.90 Å². The number of aliphatic hydroxyl groups excluding tert-OH is 1. The van der Waals surface area contributed by atoms with Gasteiger partial charge in [0.1, 0.15) is 0 Å². The maximum absolute atomic E-state index is 11.2. The van der Waals surface area contributed by atoms with Crippen molar-refractivity contribution in [2.75, 3.05) is 32.1 Å². The fourth-order valence-electron chi connectivity index (χ4n) is 2.77. The third-order valence-corrected chi connectivity index (χ3v) is 3.68. The lowest BCUT2D eigenvalue weighted by atomic mass is 10.2. The highest BCUT2D eigenvalue weighted by atomic mass is 16.6. The van der Waals surface area contributed by atoms with E-state index < -0.39 is 11.0 Å². The minimum atomic E-state index is -0.463. The lowest BCUT2D eigenvalue weighted by Gasteiger charge is -2.27. The van der Waals surface area contributed by atoms with Crippen LogP contribution in [-0.2, 0) is 7.05 Å². The number of imidazole rings is 1. The standard InChI is InChI=1S/C12H21N5O3/c1-8-13-11(17(19)20)12(15(8)4)16-7-10(18)5-9(16)6-14(2)3/h9-10,18H,5-7H2,1-4H3. The third kappa shape index (κ3) is 2.61. The van der Waals surface area contributed by atoms with Gasteiger partial charge in [0.2, 0.25) is 11.6 Å². The van der Waals surface area contributed by atoms with Crippen molar-refractivity contribution in [3.63, 3.8) is 0 Å². The molecule has 0 aliphatic carbocycles. The Morgan fingerprint density at radius 1 is 1.55 bits per heavy atom. The molecule has 1 aliphatic rings. The van der Waals surface area contributed by atoms with E-state index in [0.29, 0.717) is 24.6 Å². The van der Waals surface area contributed by atoms with Crippen molar-refractivity contribution in [1.82, 2.24) is 14.5 Å². The first kappa shape index (κ1) is 14.7. The number of nitro groups is 1. The first-order valence-electron chi connectivity index (χ1n) is 6.58. The Morgan fingerprint density at radius 3 is 2.75 bits per heavy atom. The second-order valence-electron chi connectivity index (χ2n) is 5.58. The van der Waals surface area contributed by atoms with Gasteiger partial charge in [-0.15, -0.1) is 0 Å². The van der Waals surface area contributed by atoms with Gasteiger partial charge in [0, 0.05) is 33.1 Å². The van der Waals surface area contributed by atoms with Crippen molar-refractivity contribution in [3.05, 3.63) is 15.9 Å². The van der Waals surface area contributed by atoms with Crippen molar-refractivity contribution in [3.8, 4) is 0 Å². The molecule has 0 saturated carbocycles. The van der Waals surface area contributed by atoms with Crippen molar-refractivity contribution in [2.24, 2.45) is 7.05 Å². The normalized spacial score (nSPS) is 22.8. The lowest BCUT2D eigenvalue weighted by Crippen LogP contribution is -2.38. The highest BCUT2D eigenvalue weighted by Gasteiger charge is 2.38. The van der Waals surface area contributed by atoms with Gasteiger partial charge in [0.05, 0.1) is 6.10 Å². The SMILES string of the molecule is Cc1nc([N+](=O)[O-])c(N2CC(O)CC2CN(C)C)n1C. The number of hydrogen-bond acceptors (Lipinski definition) is 6. The maximum atomic E-state index is 11.2. The van der Waals surface area contributed by atoms with Crippen LogP contribution in [0, 0.1) is 17.0 Å². The van der Waals surface area contributed by atoms with E-state index in [9.17, 15) is 15.2 Å². The highest BCUT2D eigenvalue weighted by molar-refractivity contribution is 5.57. The molecule has 2 rings (SSSR count). The molecule has 112 valence electrons. The van der Waals surface area contributed by atoms with Gasteiger partial charge in [-0.25, -0.2) is 0 Å². The van der Waals surface area contributed by atoms with E-state index in [0.717, 1.165) is 6.54 Å². The summed E-state index contributed by atoms with van der Waals surface area (Å²) in [5.41, 5.74) is 0. The van der Waals surface area contributed by atoms with Crippen LogP contribution in [-0.4, -0.2) is 63.8 Å². The molecule has 1 aromatic rings. The number of aryl methyl sites for hydroxylation is 1. The number of nitrogens with zero attached hydrogens (tertiary/aromatic N) is 5. The number of aliphatic hydroxyl groups is 1. The molecule has 1 saturated heterocycles. The van der Waals surface area contributed by atoms with Crippen LogP contribution >= 0.6 is 0 Å². The topological polar surface area (TPSA) is 87.7 Å². The Kier molecular flexibility index (Phi) is 3.96. The van der Waals surface area contributed by atoms with E-state index in [1.165, 1.54) is 0 Å². The first-order chi connectivity index (χ1) is 9.31. The monoisotopic (exact) mass is 283 g/mol. The van der Waals surface area contributed by atoms with E-state index in [4.69, 9.17) is 0 Å². The number of aromatic nitrogens is 2. The number of anilines is 1. The Balaban J connectivity index is 2.40. The molecule has 0 spiro atoms. The Morgan fingerprint density at radius 2 is 2.20 bits per heavy atom. The molecule has 0 radical (unpaired) electrons. The predicted octanol–water partition coefficient (Wildman–Crippen LogP) is 0.138. The van der Waals surface area contributed by atoms with E-state index in [1.807, 2.05) is 23.9 Å². The molecule has 1 N–H and O–H groups in total. The molecule has 8 heteroatoms.